The molecule has 0 atom stereocenters. The smallest absolute Gasteiger partial charge is 0.0637 e. The number of aromatic nitrogens is 1. The van der Waals surface area contributed by atoms with Crippen molar-refractivity contribution >= 4 is 17.3 Å². The summed E-state index contributed by atoms with van der Waals surface area (Å²) in [5, 5.41) is 4.02. The van der Waals surface area contributed by atoms with Crippen LogP contribution in [0.2, 0.25) is 5.02 Å². The summed E-state index contributed by atoms with van der Waals surface area (Å²) in [6, 6.07) is 9.82. The summed E-state index contributed by atoms with van der Waals surface area (Å²) >= 11 is 6.04. The third kappa shape index (κ3) is 2.74. The fraction of sp³-hybridized carbons (Fsp3) is 0.154. The highest BCUT2D eigenvalue weighted by Gasteiger charge is 1.98. The van der Waals surface area contributed by atoms with E-state index < -0.39 is 0 Å². The van der Waals surface area contributed by atoms with Crippen LogP contribution in [0, 0.1) is 6.92 Å². The maximum Gasteiger partial charge on any atom is 0.0637 e. The molecule has 0 saturated heterocycles. The van der Waals surface area contributed by atoms with E-state index >= 15 is 0 Å². The molecule has 0 aliphatic heterocycles. The van der Waals surface area contributed by atoms with Crippen LogP contribution in [0.15, 0.2) is 42.7 Å². The molecule has 0 saturated carbocycles. The maximum absolute atomic E-state index is 6.04. The van der Waals surface area contributed by atoms with Gasteiger partial charge in [-0.2, -0.15) is 0 Å². The van der Waals surface area contributed by atoms with E-state index in [1.807, 2.05) is 43.6 Å². The summed E-state index contributed by atoms with van der Waals surface area (Å²) in [6.45, 7) is 2.77. The largest absolute Gasteiger partial charge is 0.380 e. The van der Waals surface area contributed by atoms with Crippen LogP contribution in [0.25, 0.3) is 0 Å². The lowest BCUT2D eigenvalue weighted by atomic mass is 10.2. The van der Waals surface area contributed by atoms with Gasteiger partial charge in [0.1, 0.15) is 0 Å². The zero-order valence-electron chi connectivity index (χ0n) is 9.07. The number of nitrogens with one attached hydrogen (secondary N) is 1. The predicted molar refractivity (Wildman–Crippen MR) is 67.8 cm³/mol. The van der Waals surface area contributed by atoms with Crippen LogP contribution in [0.4, 0.5) is 5.69 Å². The highest BCUT2D eigenvalue weighted by Crippen LogP contribution is 2.20. The molecular weight excluding hydrogens is 220 g/mol. The standard InChI is InChI=1S/C13H13ClN2/c1-10-6-11(8-15-7-10)9-16-13-5-3-2-4-12(13)14/h2-8,16H,9H2,1H3. The molecule has 0 spiro atoms. The van der Waals surface area contributed by atoms with Crippen LogP contribution in [0.3, 0.4) is 0 Å². The topological polar surface area (TPSA) is 24.9 Å². The molecule has 16 heavy (non-hydrogen) atoms. The van der Waals surface area contributed by atoms with E-state index in [9.17, 15) is 0 Å². The van der Waals surface area contributed by atoms with E-state index in [-0.39, 0.29) is 0 Å². The molecule has 2 nitrogen and oxygen atoms in total. The molecule has 2 aromatic rings. The van der Waals surface area contributed by atoms with E-state index in [1.165, 1.54) is 5.56 Å². The summed E-state index contributed by atoms with van der Waals surface area (Å²) in [5.74, 6) is 0. The number of hydrogen-bond acceptors (Lipinski definition) is 2. The van der Waals surface area contributed by atoms with Gasteiger partial charge in [0, 0.05) is 18.9 Å². The van der Waals surface area contributed by atoms with Gasteiger partial charge in [-0.05, 0) is 30.2 Å². The molecule has 2 rings (SSSR count). The lowest BCUT2D eigenvalue weighted by molar-refractivity contribution is 1.10. The SMILES string of the molecule is Cc1cncc(CNc2ccccc2Cl)c1. The van der Waals surface area contributed by atoms with Gasteiger partial charge < -0.3 is 5.32 Å². The Morgan fingerprint density at radius 3 is 2.81 bits per heavy atom. The van der Waals surface area contributed by atoms with Gasteiger partial charge in [-0.15, -0.1) is 0 Å². The van der Waals surface area contributed by atoms with Crippen LogP contribution in [0.5, 0.6) is 0 Å². The van der Waals surface area contributed by atoms with Crippen LogP contribution >= 0.6 is 11.6 Å². The van der Waals surface area contributed by atoms with Gasteiger partial charge in [0.15, 0.2) is 0 Å². The first kappa shape index (κ1) is 11.0. The van der Waals surface area contributed by atoms with Gasteiger partial charge in [-0.3, -0.25) is 4.98 Å². The molecule has 1 N–H and O–H groups in total. The zero-order valence-corrected chi connectivity index (χ0v) is 9.83. The van der Waals surface area contributed by atoms with Crippen LogP contribution in [0.1, 0.15) is 11.1 Å². The van der Waals surface area contributed by atoms with Crippen molar-refractivity contribution in [3.8, 4) is 0 Å². The van der Waals surface area contributed by atoms with Gasteiger partial charge >= 0.3 is 0 Å². The highest BCUT2D eigenvalue weighted by atomic mass is 35.5. The van der Waals surface area contributed by atoms with Crippen molar-refractivity contribution in [3.05, 3.63) is 58.9 Å². The first-order valence-corrected chi connectivity index (χ1v) is 5.52. The maximum atomic E-state index is 6.04. The number of halogens is 1. The lowest BCUT2D eigenvalue weighted by Gasteiger charge is -2.08. The number of rotatable bonds is 3. The molecule has 1 heterocycles. The van der Waals surface area contributed by atoms with Gasteiger partial charge in [0.2, 0.25) is 0 Å². The second-order valence-corrected chi connectivity index (χ2v) is 4.11. The van der Waals surface area contributed by atoms with Crippen molar-refractivity contribution in [2.75, 3.05) is 5.32 Å². The Morgan fingerprint density at radius 1 is 1.25 bits per heavy atom. The molecule has 0 aliphatic carbocycles. The fourth-order valence-corrected chi connectivity index (χ4v) is 1.72. The molecule has 0 bridgehead atoms. The first-order valence-electron chi connectivity index (χ1n) is 5.14. The minimum atomic E-state index is 0.735. The van der Waals surface area contributed by atoms with Gasteiger partial charge in [-0.1, -0.05) is 29.8 Å². The van der Waals surface area contributed by atoms with E-state index in [0.717, 1.165) is 22.8 Å². The number of pyridine rings is 1. The number of benzene rings is 1. The minimum Gasteiger partial charge on any atom is -0.380 e. The first-order chi connectivity index (χ1) is 7.75. The third-order valence-corrected chi connectivity index (χ3v) is 2.62. The second kappa shape index (κ2) is 4.99. The van der Waals surface area contributed by atoms with Gasteiger partial charge in [0.25, 0.3) is 0 Å². The van der Waals surface area contributed by atoms with Crippen molar-refractivity contribution in [2.24, 2.45) is 0 Å². The molecule has 82 valence electrons. The van der Waals surface area contributed by atoms with Crippen LogP contribution in [-0.2, 0) is 6.54 Å². The Bertz CT molecular complexity index is 483. The number of hydrogen-bond donors (Lipinski definition) is 1. The molecule has 0 unspecified atom stereocenters. The molecule has 0 aliphatic rings. The average molecular weight is 233 g/mol. The number of aryl methyl sites for hydroxylation is 1. The van der Waals surface area contributed by atoms with Crippen molar-refractivity contribution in [3.63, 3.8) is 0 Å². The second-order valence-electron chi connectivity index (χ2n) is 3.70. The third-order valence-electron chi connectivity index (χ3n) is 2.29. The van der Waals surface area contributed by atoms with Gasteiger partial charge in [-0.25, -0.2) is 0 Å². The highest BCUT2D eigenvalue weighted by molar-refractivity contribution is 6.33. The Labute approximate surface area is 100 Å². The van der Waals surface area contributed by atoms with Gasteiger partial charge in [0.05, 0.1) is 10.7 Å². The number of nitrogens with zero attached hydrogens (tertiary/aromatic N) is 1. The Morgan fingerprint density at radius 2 is 2.06 bits per heavy atom. The number of para-hydroxylation sites is 1. The van der Waals surface area contributed by atoms with E-state index in [2.05, 4.69) is 16.4 Å². The molecule has 0 fully saturated rings. The molecule has 0 amide bonds. The Balaban J connectivity index is 2.05. The van der Waals surface area contributed by atoms with Crippen molar-refractivity contribution in [1.82, 2.24) is 4.98 Å². The summed E-state index contributed by atoms with van der Waals surface area (Å²) in [7, 11) is 0. The molecule has 0 radical (unpaired) electrons. The summed E-state index contributed by atoms with van der Waals surface area (Å²) in [5.41, 5.74) is 3.27. The summed E-state index contributed by atoms with van der Waals surface area (Å²) in [4.78, 5) is 4.15. The summed E-state index contributed by atoms with van der Waals surface area (Å²) < 4.78 is 0. The zero-order chi connectivity index (χ0) is 11.4. The van der Waals surface area contributed by atoms with Crippen molar-refractivity contribution < 1.29 is 0 Å². The Kier molecular flexibility index (Phi) is 3.42. The molecular formula is C13H13ClN2. The van der Waals surface area contributed by atoms with Crippen molar-refractivity contribution in [2.45, 2.75) is 13.5 Å². The van der Waals surface area contributed by atoms with Crippen molar-refractivity contribution in [1.29, 1.82) is 0 Å². The molecule has 1 aromatic heterocycles. The fourth-order valence-electron chi connectivity index (χ4n) is 1.52. The van der Waals surface area contributed by atoms with E-state index in [1.54, 1.807) is 0 Å². The van der Waals surface area contributed by atoms with E-state index in [0.29, 0.717) is 0 Å². The summed E-state index contributed by atoms with van der Waals surface area (Å²) in [6.07, 6.45) is 3.70. The van der Waals surface area contributed by atoms with Crippen LogP contribution in [-0.4, -0.2) is 4.98 Å². The minimum absolute atomic E-state index is 0.735. The molecule has 3 heteroatoms. The van der Waals surface area contributed by atoms with Crippen LogP contribution < -0.4 is 5.32 Å². The monoisotopic (exact) mass is 232 g/mol. The average Bonchev–Trinajstić information content (AvgIpc) is 2.28. The predicted octanol–water partition coefficient (Wildman–Crippen LogP) is 3.66. The number of anilines is 1. The normalized spacial score (nSPS) is 10.1. The quantitative estimate of drug-likeness (QED) is 0.874. The lowest BCUT2D eigenvalue weighted by Crippen LogP contribution is -2.00. The van der Waals surface area contributed by atoms with E-state index in [4.69, 9.17) is 11.6 Å². The molecule has 1 aromatic carbocycles. The Hall–Kier alpha value is -1.54.